The minimum absolute atomic E-state index is 0.728. The third kappa shape index (κ3) is 1.79. The number of thiophene rings is 1. The van der Waals surface area contributed by atoms with Gasteiger partial charge < -0.3 is 5.32 Å². The molecule has 0 aliphatic carbocycles. The summed E-state index contributed by atoms with van der Waals surface area (Å²) in [5.41, 5.74) is 2.90. The van der Waals surface area contributed by atoms with Gasteiger partial charge in [-0.25, -0.2) is 9.97 Å². The second kappa shape index (κ2) is 4.19. The number of anilines is 1. The van der Waals surface area contributed by atoms with E-state index < -0.39 is 0 Å². The highest BCUT2D eigenvalue weighted by molar-refractivity contribution is 7.17. The molecule has 0 bridgehead atoms. The van der Waals surface area contributed by atoms with Gasteiger partial charge in [0.05, 0.1) is 17.7 Å². The normalized spacial score (nSPS) is 10.8. The molecule has 16 heavy (non-hydrogen) atoms. The topological polar surface area (TPSA) is 37.8 Å². The summed E-state index contributed by atoms with van der Waals surface area (Å²) in [6.07, 6.45) is 1.84. The molecule has 0 radical (unpaired) electrons. The Hall–Kier alpha value is -1.46. The van der Waals surface area contributed by atoms with Gasteiger partial charge in [-0.1, -0.05) is 0 Å². The second-order valence-corrected chi connectivity index (χ2v) is 4.99. The molecule has 3 aromatic heterocycles. The summed E-state index contributed by atoms with van der Waals surface area (Å²) >= 11 is 3.34. The van der Waals surface area contributed by atoms with Crippen LogP contribution in [-0.4, -0.2) is 9.97 Å². The minimum Gasteiger partial charge on any atom is -0.364 e. The lowest BCUT2D eigenvalue weighted by atomic mass is 10.3. The first-order valence-corrected chi connectivity index (χ1v) is 6.69. The van der Waals surface area contributed by atoms with Crippen molar-refractivity contribution in [3.63, 3.8) is 0 Å². The molecule has 0 saturated carbocycles. The van der Waals surface area contributed by atoms with Gasteiger partial charge in [-0.2, -0.15) is 0 Å². The summed E-state index contributed by atoms with van der Waals surface area (Å²) in [5, 5.41) is 8.63. The maximum atomic E-state index is 4.35. The van der Waals surface area contributed by atoms with Crippen LogP contribution in [0.3, 0.4) is 0 Å². The summed E-state index contributed by atoms with van der Waals surface area (Å²) in [4.78, 5) is 8.58. The van der Waals surface area contributed by atoms with Crippen molar-refractivity contribution < 1.29 is 0 Å². The number of thiazole rings is 1. The van der Waals surface area contributed by atoms with Crippen LogP contribution >= 0.6 is 22.7 Å². The lowest BCUT2D eigenvalue weighted by Gasteiger charge is -2.04. The van der Waals surface area contributed by atoms with E-state index in [1.807, 2.05) is 23.2 Å². The Morgan fingerprint density at radius 2 is 2.25 bits per heavy atom. The predicted octanol–water partition coefficient (Wildman–Crippen LogP) is 3.36. The average molecular weight is 247 g/mol. The lowest BCUT2D eigenvalue weighted by Crippen LogP contribution is -2.01. The highest BCUT2D eigenvalue weighted by atomic mass is 32.1. The van der Waals surface area contributed by atoms with Gasteiger partial charge in [-0.3, -0.25) is 0 Å². The number of hydrogen-bond acceptors (Lipinski definition) is 5. The molecule has 0 aromatic carbocycles. The van der Waals surface area contributed by atoms with Crippen molar-refractivity contribution in [3.05, 3.63) is 40.3 Å². The summed E-state index contributed by atoms with van der Waals surface area (Å²) in [7, 11) is 0. The van der Waals surface area contributed by atoms with Crippen molar-refractivity contribution in [2.45, 2.75) is 6.54 Å². The first kappa shape index (κ1) is 9.74. The summed E-state index contributed by atoms with van der Waals surface area (Å²) in [5.74, 6) is 0.937. The van der Waals surface area contributed by atoms with E-state index in [-0.39, 0.29) is 0 Å². The number of hydrogen-bond donors (Lipinski definition) is 1. The van der Waals surface area contributed by atoms with E-state index in [9.17, 15) is 0 Å². The van der Waals surface area contributed by atoms with Gasteiger partial charge >= 0.3 is 0 Å². The van der Waals surface area contributed by atoms with Crippen molar-refractivity contribution in [2.75, 3.05) is 5.32 Å². The molecule has 0 spiro atoms. The van der Waals surface area contributed by atoms with E-state index in [1.54, 1.807) is 22.7 Å². The van der Waals surface area contributed by atoms with Crippen molar-refractivity contribution in [3.8, 4) is 0 Å². The fraction of sp³-hybridized carbons (Fsp3) is 0.0909. The number of aromatic nitrogens is 2. The Morgan fingerprint density at radius 1 is 1.25 bits per heavy atom. The van der Waals surface area contributed by atoms with Crippen LogP contribution in [0, 0.1) is 0 Å². The minimum atomic E-state index is 0.728. The third-order valence-corrected chi connectivity index (χ3v) is 3.82. The number of pyridine rings is 1. The molecule has 5 heteroatoms. The Bertz CT molecular complexity index is 586. The molecule has 0 fully saturated rings. The van der Waals surface area contributed by atoms with E-state index in [4.69, 9.17) is 0 Å². The quantitative estimate of drug-likeness (QED) is 0.771. The lowest BCUT2D eigenvalue weighted by molar-refractivity contribution is 1.06. The molecule has 1 N–H and O–H groups in total. The van der Waals surface area contributed by atoms with Gasteiger partial charge in [0, 0.05) is 21.7 Å². The predicted molar refractivity (Wildman–Crippen MR) is 69.1 cm³/mol. The smallest absolute Gasteiger partial charge is 0.134 e. The second-order valence-electron chi connectivity index (χ2n) is 3.33. The fourth-order valence-electron chi connectivity index (χ4n) is 1.53. The van der Waals surface area contributed by atoms with Crippen LogP contribution in [0.15, 0.2) is 34.6 Å². The molecule has 80 valence electrons. The molecule has 0 amide bonds. The molecule has 0 aliphatic rings. The Labute approximate surface area is 101 Å². The Balaban J connectivity index is 1.86. The van der Waals surface area contributed by atoms with E-state index in [0.717, 1.165) is 18.1 Å². The zero-order chi connectivity index (χ0) is 10.8. The molecular weight excluding hydrogens is 238 g/mol. The van der Waals surface area contributed by atoms with Crippen LogP contribution in [0.25, 0.3) is 10.1 Å². The highest BCUT2D eigenvalue weighted by Gasteiger charge is 2.03. The van der Waals surface area contributed by atoms with Crippen LogP contribution in [0.5, 0.6) is 0 Å². The fourth-order valence-corrected chi connectivity index (χ4v) is 2.87. The first-order valence-electron chi connectivity index (χ1n) is 4.86. The first-order chi connectivity index (χ1) is 7.93. The zero-order valence-electron chi connectivity index (χ0n) is 8.38. The summed E-state index contributed by atoms with van der Waals surface area (Å²) in [6.45, 7) is 0.728. The molecule has 3 aromatic rings. The summed E-state index contributed by atoms with van der Waals surface area (Å²) < 4.78 is 1.26. The molecule has 3 nitrogen and oxygen atoms in total. The van der Waals surface area contributed by atoms with Crippen molar-refractivity contribution >= 4 is 38.6 Å². The number of nitrogens with one attached hydrogen (secondary N) is 1. The van der Waals surface area contributed by atoms with E-state index in [1.165, 1.54) is 10.1 Å². The summed E-state index contributed by atoms with van der Waals surface area (Å²) in [6, 6.07) is 4.13. The maximum Gasteiger partial charge on any atom is 0.134 e. The van der Waals surface area contributed by atoms with Gasteiger partial charge in [0.2, 0.25) is 0 Å². The van der Waals surface area contributed by atoms with Gasteiger partial charge in [0.15, 0.2) is 0 Å². The van der Waals surface area contributed by atoms with E-state index >= 15 is 0 Å². The van der Waals surface area contributed by atoms with Gasteiger partial charge in [0.25, 0.3) is 0 Å². The zero-order valence-corrected chi connectivity index (χ0v) is 10.0. The van der Waals surface area contributed by atoms with Crippen molar-refractivity contribution in [1.29, 1.82) is 0 Å². The number of fused-ring (bicyclic) bond motifs is 1. The maximum absolute atomic E-state index is 4.35. The Kier molecular flexibility index (Phi) is 2.55. The van der Waals surface area contributed by atoms with Crippen LogP contribution < -0.4 is 5.32 Å². The highest BCUT2D eigenvalue weighted by Crippen LogP contribution is 2.25. The van der Waals surface area contributed by atoms with Crippen molar-refractivity contribution in [1.82, 2.24) is 9.97 Å². The van der Waals surface area contributed by atoms with Gasteiger partial charge in [-0.15, -0.1) is 22.7 Å². The SMILES string of the molecule is c1cc2sccc2c(NCc2cscn2)n1. The molecule has 3 heterocycles. The van der Waals surface area contributed by atoms with E-state index in [2.05, 4.69) is 26.7 Å². The number of nitrogens with zero attached hydrogens (tertiary/aromatic N) is 2. The Morgan fingerprint density at radius 3 is 3.12 bits per heavy atom. The molecule has 0 saturated heterocycles. The average Bonchev–Trinajstić information content (AvgIpc) is 2.97. The van der Waals surface area contributed by atoms with Crippen molar-refractivity contribution in [2.24, 2.45) is 0 Å². The monoisotopic (exact) mass is 247 g/mol. The standard InChI is InChI=1S/C11H9N3S2/c1-3-12-11(9-2-4-16-10(1)9)13-5-8-6-15-7-14-8/h1-4,6-7H,5H2,(H,12,13). The molecule has 0 unspecified atom stereocenters. The molecule has 0 atom stereocenters. The largest absolute Gasteiger partial charge is 0.364 e. The van der Waals surface area contributed by atoms with Gasteiger partial charge in [-0.05, 0) is 17.5 Å². The third-order valence-electron chi connectivity index (χ3n) is 2.30. The molecular formula is C11H9N3S2. The van der Waals surface area contributed by atoms with E-state index in [0.29, 0.717) is 0 Å². The van der Waals surface area contributed by atoms with Crippen LogP contribution in [0.2, 0.25) is 0 Å². The number of rotatable bonds is 3. The van der Waals surface area contributed by atoms with Crippen LogP contribution in [0.1, 0.15) is 5.69 Å². The van der Waals surface area contributed by atoms with Crippen LogP contribution in [0.4, 0.5) is 5.82 Å². The van der Waals surface area contributed by atoms with Gasteiger partial charge in [0.1, 0.15) is 5.82 Å². The molecule has 0 aliphatic heterocycles. The molecule has 3 rings (SSSR count). The van der Waals surface area contributed by atoms with Crippen LogP contribution in [-0.2, 0) is 6.54 Å².